The van der Waals surface area contributed by atoms with Gasteiger partial charge in [0.15, 0.2) is 0 Å². The maximum atomic E-state index is 5.76. The highest BCUT2D eigenvalue weighted by Crippen LogP contribution is 2.12. The Morgan fingerprint density at radius 2 is 2.12 bits per heavy atom. The summed E-state index contributed by atoms with van der Waals surface area (Å²) in [6.07, 6.45) is 1.66. The molecule has 0 saturated carbocycles. The van der Waals surface area contributed by atoms with E-state index in [4.69, 9.17) is 4.74 Å². The van der Waals surface area contributed by atoms with Crippen LogP contribution in [0.2, 0.25) is 0 Å². The number of nitrogens with zero attached hydrogens (tertiary/aromatic N) is 2. The van der Waals surface area contributed by atoms with Crippen LogP contribution in [-0.2, 0) is 4.74 Å². The van der Waals surface area contributed by atoms with Crippen molar-refractivity contribution in [1.82, 2.24) is 15.1 Å². The minimum absolute atomic E-state index is 0.377. The SMILES string of the molecule is CC(C)N1CCC(NCC2CN(C)CCO2)C1. The highest BCUT2D eigenvalue weighted by Gasteiger charge is 2.25. The third-order valence-corrected chi connectivity index (χ3v) is 3.93. The maximum absolute atomic E-state index is 5.76. The Morgan fingerprint density at radius 1 is 1.29 bits per heavy atom. The number of rotatable bonds is 4. The van der Waals surface area contributed by atoms with Gasteiger partial charge in [0, 0.05) is 38.3 Å². The van der Waals surface area contributed by atoms with E-state index in [0.29, 0.717) is 18.2 Å². The molecule has 2 rings (SSSR count). The zero-order valence-corrected chi connectivity index (χ0v) is 11.5. The summed E-state index contributed by atoms with van der Waals surface area (Å²) in [5.41, 5.74) is 0. The van der Waals surface area contributed by atoms with Crippen LogP contribution in [0.5, 0.6) is 0 Å². The summed E-state index contributed by atoms with van der Waals surface area (Å²) in [5.74, 6) is 0. The third kappa shape index (κ3) is 3.91. The quantitative estimate of drug-likeness (QED) is 0.770. The van der Waals surface area contributed by atoms with Gasteiger partial charge in [0.25, 0.3) is 0 Å². The van der Waals surface area contributed by atoms with E-state index >= 15 is 0 Å². The molecule has 0 bridgehead atoms. The van der Waals surface area contributed by atoms with Crippen molar-refractivity contribution in [3.63, 3.8) is 0 Å². The zero-order chi connectivity index (χ0) is 12.3. The van der Waals surface area contributed by atoms with Crippen LogP contribution in [0.15, 0.2) is 0 Å². The van der Waals surface area contributed by atoms with Crippen molar-refractivity contribution >= 4 is 0 Å². The molecule has 4 nitrogen and oxygen atoms in total. The molecule has 2 atom stereocenters. The topological polar surface area (TPSA) is 27.7 Å². The number of likely N-dealkylation sites (N-methyl/N-ethyl adjacent to an activating group) is 1. The number of nitrogens with one attached hydrogen (secondary N) is 1. The van der Waals surface area contributed by atoms with E-state index in [2.05, 4.69) is 36.0 Å². The van der Waals surface area contributed by atoms with Crippen LogP contribution in [0.4, 0.5) is 0 Å². The van der Waals surface area contributed by atoms with Crippen molar-refractivity contribution in [2.24, 2.45) is 0 Å². The average molecular weight is 241 g/mol. The molecule has 4 heteroatoms. The Labute approximate surface area is 105 Å². The first-order chi connectivity index (χ1) is 8.15. The van der Waals surface area contributed by atoms with Crippen LogP contribution in [0.25, 0.3) is 0 Å². The molecular weight excluding hydrogens is 214 g/mol. The number of hydrogen-bond acceptors (Lipinski definition) is 4. The zero-order valence-electron chi connectivity index (χ0n) is 11.5. The Balaban J connectivity index is 1.65. The van der Waals surface area contributed by atoms with Crippen molar-refractivity contribution in [2.45, 2.75) is 38.5 Å². The number of morpholine rings is 1. The first-order valence-corrected chi connectivity index (χ1v) is 6.92. The van der Waals surface area contributed by atoms with Crippen LogP contribution >= 0.6 is 0 Å². The van der Waals surface area contributed by atoms with Crippen molar-refractivity contribution in [3.05, 3.63) is 0 Å². The van der Waals surface area contributed by atoms with Gasteiger partial charge in [0.05, 0.1) is 12.7 Å². The molecule has 17 heavy (non-hydrogen) atoms. The van der Waals surface area contributed by atoms with Gasteiger partial charge in [0.1, 0.15) is 0 Å². The lowest BCUT2D eigenvalue weighted by molar-refractivity contribution is -0.0191. The smallest absolute Gasteiger partial charge is 0.0826 e. The van der Waals surface area contributed by atoms with E-state index in [1.807, 2.05) is 0 Å². The Kier molecular flexibility index (Phi) is 4.79. The summed E-state index contributed by atoms with van der Waals surface area (Å²) < 4.78 is 5.76. The molecule has 2 aliphatic heterocycles. The lowest BCUT2D eigenvalue weighted by Crippen LogP contribution is -2.47. The van der Waals surface area contributed by atoms with Crippen molar-refractivity contribution < 1.29 is 4.74 Å². The monoisotopic (exact) mass is 241 g/mol. The molecule has 2 unspecified atom stereocenters. The summed E-state index contributed by atoms with van der Waals surface area (Å²) in [7, 11) is 2.17. The van der Waals surface area contributed by atoms with Gasteiger partial charge in [-0.25, -0.2) is 0 Å². The molecule has 0 aromatic heterocycles. The van der Waals surface area contributed by atoms with E-state index in [1.54, 1.807) is 0 Å². The highest BCUT2D eigenvalue weighted by molar-refractivity contribution is 4.84. The second-order valence-corrected chi connectivity index (χ2v) is 5.74. The minimum atomic E-state index is 0.377. The Hall–Kier alpha value is -0.160. The van der Waals surface area contributed by atoms with Crippen molar-refractivity contribution in [1.29, 1.82) is 0 Å². The molecule has 1 N–H and O–H groups in total. The Bertz CT molecular complexity index is 235. The van der Waals surface area contributed by atoms with E-state index < -0.39 is 0 Å². The van der Waals surface area contributed by atoms with Crippen LogP contribution in [0.1, 0.15) is 20.3 Å². The van der Waals surface area contributed by atoms with Crippen LogP contribution in [0, 0.1) is 0 Å². The molecule has 2 heterocycles. The summed E-state index contributed by atoms with van der Waals surface area (Å²) in [4.78, 5) is 4.90. The fourth-order valence-corrected chi connectivity index (χ4v) is 2.71. The second kappa shape index (κ2) is 6.14. The van der Waals surface area contributed by atoms with E-state index in [9.17, 15) is 0 Å². The van der Waals surface area contributed by atoms with E-state index in [-0.39, 0.29) is 0 Å². The summed E-state index contributed by atoms with van der Waals surface area (Å²) in [5, 5.41) is 3.66. The van der Waals surface area contributed by atoms with Gasteiger partial charge in [-0.15, -0.1) is 0 Å². The van der Waals surface area contributed by atoms with Gasteiger partial charge in [0.2, 0.25) is 0 Å². The average Bonchev–Trinajstić information content (AvgIpc) is 2.75. The third-order valence-electron chi connectivity index (χ3n) is 3.93. The molecule has 0 radical (unpaired) electrons. The largest absolute Gasteiger partial charge is 0.374 e. The lowest BCUT2D eigenvalue weighted by atomic mass is 10.2. The first kappa shape index (κ1) is 13.3. The van der Waals surface area contributed by atoms with Gasteiger partial charge in [-0.2, -0.15) is 0 Å². The number of ether oxygens (including phenoxy) is 1. The molecule has 2 saturated heterocycles. The lowest BCUT2D eigenvalue weighted by Gasteiger charge is -2.31. The molecule has 100 valence electrons. The Morgan fingerprint density at radius 3 is 2.76 bits per heavy atom. The molecule has 0 aromatic carbocycles. The van der Waals surface area contributed by atoms with Crippen LogP contribution in [0.3, 0.4) is 0 Å². The van der Waals surface area contributed by atoms with Crippen LogP contribution < -0.4 is 5.32 Å². The summed E-state index contributed by atoms with van der Waals surface area (Å²) >= 11 is 0. The molecule has 2 aliphatic rings. The highest BCUT2D eigenvalue weighted by atomic mass is 16.5. The normalized spacial score (nSPS) is 32.5. The maximum Gasteiger partial charge on any atom is 0.0826 e. The predicted molar refractivity (Wildman–Crippen MR) is 70.4 cm³/mol. The van der Waals surface area contributed by atoms with Crippen LogP contribution in [-0.4, -0.2) is 74.4 Å². The predicted octanol–water partition coefficient (Wildman–Crippen LogP) is 0.389. The fourth-order valence-electron chi connectivity index (χ4n) is 2.71. The summed E-state index contributed by atoms with van der Waals surface area (Å²) in [6, 6.07) is 1.34. The van der Waals surface area contributed by atoms with Gasteiger partial charge in [-0.3, -0.25) is 4.90 Å². The second-order valence-electron chi connectivity index (χ2n) is 5.74. The molecule has 0 aliphatic carbocycles. The first-order valence-electron chi connectivity index (χ1n) is 6.92. The molecule has 2 fully saturated rings. The van der Waals surface area contributed by atoms with Crippen molar-refractivity contribution in [3.8, 4) is 0 Å². The molecule has 0 amide bonds. The fraction of sp³-hybridized carbons (Fsp3) is 1.00. The molecular formula is C13H27N3O. The van der Waals surface area contributed by atoms with Gasteiger partial charge in [-0.1, -0.05) is 0 Å². The summed E-state index contributed by atoms with van der Waals surface area (Å²) in [6.45, 7) is 11.0. The van der Waals surface area contributed by atoms with Gasteiger partial charge in [-0.05, 0) is 33.9 Å². The minimum Gasteiger partial charge on any atom is -0.374 e. The number of hydrogen-bond donors (Lipinski definition) is 1. The molecule has 0 spiro atoms. The van der Waals surface area contributed by atoms with Gasteiger partial charge >= 0.3 is 0 Å². The van der Waals surface area contributed by atoms with Gasteiger partial charge < -0.3 is 15.0 Å². The molecule has 0 aromatic rings. The van der Waals surface area contributed by atoms with Crippen molar-refractivity contribution in [2.75, 3.05) is 46.4 Å². The van der Waals surface area contributed by atoms with E-state index in [0.717, 1.165) is 26.2 Å². The number of likely N-dealkylation sites (tertiary alicyclic amines) is 1. The van der Waals surface area contributed by atoms with E-state index in [1.165, 1.54) is 19.5 Å². The standard InChI is InChI=1S/C13H27N3O/c1-11(2)16-5-4-12(9-16)14-8-13-10-15(3)6-7-17-13/h11-14H,4-10H2,1-3H3.